The molecular formula is C20H23FN6O2S2. The third kappa shape index (κ3) is 5.67. The lowest BCUT2D eigenvalue weighted by atomic mass is 10.2. The monoisotopic (exact) mass is 462 g/mol. The fourth-order valence-electron chi connectivity index (χ4n) is 2.76. The molecular weight excluding hydrogens is 439 g/mol. The van der Waals surface area contributed by atoms with Gasteiger partial charge in [-0.15, -0.1) is 21.5 Å². The van der Waals surface area contributed by atoms with Crippen molar-refractivity contribution in [3.8, 4) is 0 Å². The molecule has 3 rings (SSSR count). The highest BCUT2D eigenvalue weighted by molar-refractivity contribution is 8.00. The predicted molar refractivity (Wildman–Crippen MR) is 119 cm³/mol. The molecule has 1 atom stereocenters. The van der Waals surface area contributed by atoms with E-state index in [1.807, 2.05) is 30.7 Å². The average Bonchev–Trinajstić information content (AvgIpc) is 3.32. The van der Waals surface area contributed by atoms with Gasteiger partial charge in [-0.3, -0.25) is 9.59 Å². The Hall–Kier alpha value is -2.79. The summed E-state index contributed by atoms with van der Waals surface area (Å²) in [7, 11) is 0. The Morgan fingerprint density at radius 2 is 1.97 bits per heavy atom. The minimum absolute atomic E-state index is 0.00487. The summed E-state index contributed by atoms with van der Waals surface area (Å²) in [5.41, 5.74) is 0.817. The summed E-state index contributed by atoms with van der Waals surface area (Å²) >= 11 is 2.64. The molecule has 0 fully saturated rings. The van der Waals surface area contributed by atoms with Crippen LogP contribution in [-0.2, 0) is 11.3 Å². The molecule has 0 aliphatic rings. The van der Waals surface area contributed by atoms with Crippen LogP contribution in [0.2, 0.25) is 0 Å². The minimum Gasteiger partial charge on any atom is -0.345 e. The third-order valence-electron chi connectivity index (χ3n) is 4.28. The van der Waals surface area contributed by atoms with E-state index in [9.17, 15) is 14.0 Å². The molecule has 0 spiro atoms. The number of carbonyl (C=O) groups is 2. The smallest absolute Gasteiger partial charge is 0.254 e. The number of aromatic nitrogens is 4. The van der Waals surface area contributed by atoms with Crippen molar-refractivity contribution < 1.29 is 14.0 Å². The molecule has 164 valence electrons. The molecule has 2 amide bonds. The highest BCUT2D eigenvalue weighted by Gasteiger charge is 2.22. The van der Waals surface area contributed by atoms with E-state index < -0.39 is 17.0 Å². The van der Waals surface area contributed by atoms with Gasteiger partial charge in [0.2, 0.25) is 5.91 Å². The van der Waals surface area contributed by atoms with E-state index in [2.05, 4.69) is 25.8 Å². The Labute approximate surface area is 187 Å². The van der Waals surface area contributed by atoms with Crippen LogP contribution < -0.4 is 10.6 Å². The van der Waals surface area contributed by atoms with Crippen LogP contribution in [0.4, 0.5) is 9.52 Å². The second kappa shape index (κ2) is 10.0. The van der Waals surface area contributed by atoms with E-state index in [4.69, 9.17) is 0 Å². The van der Waals surface area contributed by atoms with Crippen LogP contribution in [-0.4, -0.2) is 36.8 Å². The van der Waals surface area contributed by atoms with Gasteiger partial charge in [0.15, 0.2) is 16.1 Å². The number of carbonyl (C=O) groups excluding carboxylic acids is 2. The van der Waals surface area contributed by atoms with Crippen molar-refractivity contribution in [3.05, 3.63) is 52.5 Å². The van der Waals surface area contributed by atoms with Gasteiger partial charge in [-0.25, -0.2) is 9.37 Å². The van der Waals surface area contributed by atoms with Crippen LogP contribution in [0.5, 0.6) is 0 Å². The highest BCUT2D eigenvalue weighted by atomic mass is 32.2. The fourth-order valence-corrected chi connectivity index (χ4v) is 4.45. The summed E-state index contributed by atoms with van der Waals surface area (Å²) < 4.78 is 15.7. The molecule has 3 aromatic rings. The van der Waals surface area contributed by atoms with Crippen molar-refractivity contribution in [2.75, 3.05) is 5.32 Å². The van der Waals surface area contributed by atoms with Gasteiger partial charge in [0.1, 0.15) is 5.82 Å². The second-order valence-corrected chi connectivity index (χ2v) is 9.23. The summed E-state index contributed by atoms with van der Waals surface area (Å²) in [4.78, 5) is 29.0. The summed E-state index contributed by atoms with van der Waals surface area (Å²) in [5, 5.41) is 16.4. The Morgan fingerprint density at radius 3 is 2.61 bits per heavy atom. The number of benzene rings is 1. The molecule has 0 aliphatic heterocycles. The number of amides is 2. The van der Waals surface area contributed by atoms with Crippen molar-refractivity contribution in [2.45, 2.75) is 50.7 Å². The fraction of sp³-hybridized carbons (Fsp3) is 0.350. The van der Waals surface area contributed by atoms with Gasteiger partial charge in [-0.05, 0) is 39.8 Å². The van der Waals surface area contributed by atoms with E-state index in [-0.39, 0.29) is 24.1 Å². The maximum atomic E-state index is 13.8. The molecule has 0 unspecified atom stereocenters. The lowest BCUT2D eigenvalue weighted by Gasteiger charge is -2.16. The zero-order chi connectivity index (χ0) is 22.5. The SMILES string of the molecule is Cc1csc(NC(=O)[C@H](C)Sc2nnc(CNC(=O)c3ccccc3F)n2C(C)C)n1. The largest absolute Gasteiger partial charge is 0.345 e. The number of anilines is 1. The number of halogens is 1. The number of thiazole rings is 1. The normalized spacial score (nSPS) is 12.1. The zero-order valence-electron chi connectivity index (χ0n) is 17.5. The van der Waals surface area contributed by atoms with Crippen LogP contribution in [0, 0.1) is 12.7 Å². The van der Waals surface area contributed by atoms with Crippen molar-refractivity contribution in [3.63, 3.8) is 0 Å². The lowest BCUT2D eigenvalue weighted by molar-refractivity contribution is -0.115. The van der Waals surface area contributed by atoms with Crippen LogP contribution in [0.15, 0.2) is 34.8 Å². The zero-order valence-corrected chi connectivity index (χ0v) is 19.2. The van der Waals surface area contributed by atoms with Gasteiger partial charge >= 0.3 is 0 Å². The van der Waals surface area contributed by atoms with Crippen LogP contribution in [0.3, 0.4) is 0 Å². The average molecular weight is 463 g/mol. The molecule has 0 aliphatic carbocycles. The van der Waals surface area contributed by atoms with Crippen molar-refractivity contribution >= 4 is 40.0 Å². The minimum atomic E-state index is -0.586. The molecule has 1 aromatic carbocycles. The van der Waals surface area contributed by atoms with Gasteiger partial charge in [0.05, 0.1) is 23.1 Å². The van der Waals surface area contributed by atoms with Crippen molar-refractivity contribution in [1.29, 1.82) is 0 Å². The number of hydrogen-bond acceptors (Lipinski definition) is 7. The molecule has 0 bridgehead atoms. The maximum absolute atomic E-state index is 13.8. The van der Waals surface area contributed by atoms with E-state index >= 15 is 0 Å². The van der Waals surface area contributed by atoms with Crippen molar-refractivity contribution in [2.24, 2.45) is 0 Å². The van der Waals surface area contributed by atoms with Crippen molar-refractivity contribution in [1.82, 2.24) is 25.1 Å². The number of thioether (sulfide) groups is 1. The first-order valence-electron chi connectivity index (χ1n) is 9.62. The molecule has 0 radical (unpaired) electrons. The molecule has 2 N–H and O–H groups in total. The molecule has 0 saturated heterocycles. The highest BCUT2D eigenvalue weighted by Crippen LogP contribution is 2.27. The van der Waals surface area contributed by atoms with Gasteiger partial charge in [-0.1, -0.05) is 23.9 Å². The Kier molecular flexibility index (Phi) is 7.39. The summed E-state index contributed by atoms with van der Waals surface area (Å²) in [6.07, 6.45) is 0. The predicted octanol–water partition coefficient (Wildman–Crippen LogP) is 3.81. The van der Waals surface area contributed by atoms with Gasteiger partial charge in [0.25, 0.3) is 5.91 Å². The number of rotatable bonds is 8. The Morgan fingerprint density at radius 1 is 1.23 bits per heavy atom. The molecule has 2 heterocycles. The standard InChI is InChI=1S/C20H23FN6O2S2/c1-11(2)27-16(9-22-18(29)14-7-5-6-8-15(14)21)25-26-20(27)31-13(4)17(28)24-19-23-12(3)10-30-19/h5-8,10-11,13H,9H2,1-4H3,(H,22,29)(H,23,24,28)/t13-/m0/s1. The summed E-state index contributed by atoms with van der Waals surface area (Å²) in [6, 6.07) is 5.78. The third-order valence-corrected chi connectivity index (χ3v) is 6.21. The molecule has 31 heavy (non-hydrogen) atoms. The first kappa shape index (κ1) is 22.9. The first-order chi connectivity index (χ1) is 14.8. The topological polar surface area (TPSA) is 102 Å². The summed E-state index contributed by atoms with van der Waals surface area (Å²) in [6.45, 7) is 7.64. The Bertz CT molecular complexity index is 1080. The van der Waals surface area contributed by atoms with E-state index in [0.717, 1.165) is 5.69 Å². The van der Waals surface area contributed by atoms with Gasteiger partial charge < -0.3 is 15.2 Å². The van der Waals surface area contributed by atoms with Crippen LogP contribution in [0.25, 0.3) is 0 Å². The second-order valence-electron chi connectivity index (χ2n) is 7.07. The van der Waals surface area contributed by atoms with Crippen LogP contribution >= 0.6 is 23.1 Å². The first-order valence-corrected chi connectivity index (χ1v) is 11.4. The number of aryl methyl sites for hydroxylation is 1. The van der Waals surface area contributed by atoms with E-state index in [1.165, 1.54) is 41.3 Å². The maximum Gasteiger partial charge on any atom is 0.254 e. The molecule has 8 nitrogen and oxygen atoms in total. The molecule has 0 saturated carbocycles. The van der Waals surface area contributed by atoms with E-state index in [1.54, 1.807) is 13.0 Å². The Balaban J connectivity index is 1.67. The van der Waals surface area contributed by atoms with Gasteiger partial charge in [0, 0.05) is 11.4 Å². The van der Waals surface area contributed by atoms with Crippen LogP contribution in [0.1, 0.15) is 48.7 Å². The van der Waals surface area contributed by atoms with E-state index in [0.29, 0.717) is 16.1 Å². The summed E-state index contributed by atoms with van der Waals surface area (Å²) in [5.74, 6) is -0.786. The van der Waals surface area contributed by atoms with Gasteiger partial charge in [-0.2, -0.15) is 0 Å². The quantitative estimate of drug-likeness (QED) is 0.494. The molecule has 11 heteroatoms. The number of nitrogens with zero attached hydrogens (tertiary/aromatic N) is 4. The lowest BCUT2D eigenvalue weighted by Crippen LogP contribution is -2.26. The number of nitrogens with one attached hydrogen (secondary N) is 2. The number of hydrogen-bond donors (Lipinski definition) is 2. The molecule has 2 aromatic heterocycles.